The number of benzene rings is 1. The summed E-state index contributed by atoms with van der Waals surface area (Å²) in [6.45, 7) is 2.56. The standard InChI is InChI=1S/C23H20N6O/c1-15-6-5-9-18-12-17(19(23(30)29(15)18)16-7-3-2-4-8-16)10-11-24-21-20-22(26-13-25-20)28-14-27-21/h2-9,12-14H,10-11H2,1H3,(H2,24,25,26,27,28). The highest BCUT2D eigenvalue weighted by Gasteiger charge is 2.14. The molecule has 7 nitrogen and oxygen atoms in total. The molecule has 1 aromatic carbocycles. The minimum Gasteiger partial charge on any atom is -0.368 e. The minimum atomic E-state index is 0.00327. The molecule has 0 radical (unpaired) electrons. The second-order valence-corrected chi connectivity index (χ2v) is 7.14. The summed E-state index contributed by atoms with van der Waals surface area (Å²) in [5, 5.41) is 3.34. The van der Waals surface area contributed by atoms with E-state index in [1.54, 1.807) is 10.7 Å². The smallest absolute Gasteiger partial charge is 0.263 e. The molecule has 7 heteroatoms. The largest absolute Gasteiger partial charge is 0.368 e. The first-order valence-electron chi connectivity index (χ1n) is 9.80. The third kappa shape index (κ3) is 3.10. The lowest BCUT2D eigenvalue weighted by atomic mass is 9.98. The van der Waals surface area contributed by atoms with Crippen molar-refractivity contribution in [3.05, 3.63) is 88.9 Å². The summed E-state index contributed by atoms with van der Waals surface area (Å²) < 4.78 is 1.77. The SMILES string of the molecule is Cc1cccc2cc(CCNc3ncnc4[nH]cnc34)c(-c3ccccc3)c(=O)n12. The number of aryl methyl sites for hydroxylation is 1. The van der Waals surface area contributed by atoms with E-state index in [2.05, 4.69) is 31.3 Å². The van der Waals surface area contributed by atoms with Crippen LogP contribution < -0.4 is 10.9 Å². The molecule has 0 saturated heterocycles. The zero-order valence-corrected chi connectivity index (χ0v) is 16.5. The number of fused-ring (bicyclic) bond motifs is 2. The summed E-state index contributed by atoms with van der Waals surface area (Å²) >= 11 is 0. The van der Waals surface area contributed by atoms with Crippen molar-refractivity contribution in [1.82, 2.24) is 24.3 Å². The fourth-order valence-corrected chi connectivity index (χ4v) is 3.85. The quantitative estimate of drug-likeness (QED) is 0.474. The summed E-state index contributed by atoms with van der Waals surface area (Å²) in [4.78, 5) is 29.2. The summed E-state index contributed by atoms with van der Waals surface area (Å²) in [5.74, 6) is 0.677. The molecule has 30 heavy (non-hydrogen) atoms. The molecule has 4 aromatic heterocycles. The maximum Gasteiger partial charge on any atom is 0.263 e. The molecular weight excluding hydrogens is 376 g/mol. The first-order valence-corrected chi connectivity index (χ1v) is 9.80. The number of aromatic nitrogens is 5. The van der Waals surface area contributed by atoms with Gasteiger partial charge in [-0.1, -0.05) is 36.4 Å². The van der Waals surface area contributed by atoms with Gasteiger partial charge in [0.25, 0.3) is 5.56 Å². The summed E-state index contributed by atoms with van der Waals surface area (Å²) in [5.41, 5.74) is 5.86. The maximum atomic E-state index is 13.5. The van der Waals surface area contributed by atoms with E-state index in [0.717, 1.165) is 27.9 Å². The number of nitrogens with one attached hydrogen (secondary N) is 2. The third-order valence-electron chi connectivity index (χ3n) is 5.24. The van der Waals surface area contributed by atoms with Crippen molar-refractivity contribution in [2.75, 3.05) is 11.9 Å². The van der Waals surface area contributed by atoms with E-state index in [1.807, 2.05) is 55.5 Å². The van der Waals surface area contributed by atoms with Crippen LogP contribution in [0.1, 0.15) is 11.3 Å². The number of nitrogens with zero attached hydrogens (tertiary/aromatic N) is 4. The van der Waals surface area contributed by atoms with Crippen LogP contribution in [0.2, 0.25) is 0 Å². The molecule has 5 aromatic rings. The molecule has 0 bridgehead atoms. The Hall–Kier alpha value is -4.00. The molecule has 0 atom stereocenters. The minimum absolute atomic E-state index is 0.00327. The van der Waals surface area contributed by atoms with Crippen LogP contribution in [-0.2, 0) is 6.42 Å². The molecule has 0 spiro atoms. The van der Waals surface area contributed by atoms with E-state index in [4.69, 9.17) is 0 Å². The molecule has 0 aliphatic heterocycles. The molecule has 5 rings (SSSR count). The van der Waals surface area contributed by atoms with E-state index in [-0.39, 0.29) is 5.56 Å². The van der Waals surface area contributed by atoms with Crippen LogP contribution in [-0.4, -0.2) is 30.9 Å². The van der Waals surface area contributed by atoms with Gasteiger partial charge in [-0.25, -0.2) is 15.0 Å². The average Bonchev–Trinajstić information content (AvgIpc) is 3.24. The van der Waals surface area contributed by atoms with Crippen molar-refractivity contribution in [3.63, 3.8) is 0 Å². The Kier molecular flexibility index (Phi) is 4.48. The summed E-state index contributed by atoms with van der Waals surface area (Å²) in [7, 11) is 0. The molecule has 0 unspecified atom stereocenters. The number of H-pyrrole nitrogens is 1. The number of imidazole rings is 1. The summed E-state index contributed by atoms with van der Waals surface area (Å²) in [6, 6.07) is 17.8. The Labute approximate surface area is 172 Å². The van der Waals surface area contributed by atoms with Gasteiger partial charge in [-0.15, -0.1) is 0 Å². The third-order valence-corrected chi connectivity index (χ3v) is 5.24. The topological polar surface area (TPSA) is 88.0 Å². The molecule has 0 aliphatic carbocycles. The van der Waals surface area contributed by atoms with Crippen molar-refractivity contribution in [2.45, 2.75) is 13.3 Å². The average molecular weight is 396 g/mol. The van der Waals surface area contributed by atoms with Crippen molar-refractivity contribution < 1.29 is 0 Å². The molecular formula is C23H20N6O. The number of aromatic amines is 1. The lowest BCUT2D eigenvalue weighted by Gasteiger charge is -2.14. The van der Waals surface area contributed by atoms with Gasteiger partial charge in [-0.05, 0) is 42.7 Å². The highest BCUT2D eigenvalue weighted by molar-refractivity contribution is 5.82. The molecule has 0 amide bonds. The zero-order chi connectivity index (χ0) is 20.5. The molecule has 0 aliphatic rings. The lowest BCUT2D eigenvalue weighted by molar-refractivity contribution is 0.973. The molecule has 4 heterocycles. The second kappa shape index (κ2) is 7.44. The van der Waals surface area contributed by atoms with Crippen molar-refractivity contribution in [3.8, 4) is 11.1 Å². The van der Waals surface area contributed by atoms with Crippen LogP contribution in [0.3, 0.4) is 0 Å². The van der Waals surface area contributed by atoms with Gasteiger partial charge in [0.2, 0.25) is 0 Å². The monoisotopic (exact) mass is 396 g/mol. The molecule has 2 N–H and O–H groups in total. The van der Waals surface area contributed by atoms with Gasteiger partial charge < -0.3 is 10.3 Å². The molecule has 0 saturated carbocycles. The summed E-state index contributed by atoms with van der Waals surface area (Å²) in [6.07, 6.45) is 3.77. The lowest BCUT2D eigenvalue weighted by Crippen LogP contribution is -2.21. The first kappa shape index (κ1) is 18.1. The van der Waals surface area contributed by atoms with Gasteiger partial charge in [0.15, 0.2) is 11.5 Å². The Morgan fingerprint density at radius 3 is 2.77 bits per heavy atom. The second-order valence-electron chi connectivity index (χ2n) is 7.14. The Morgan fingerprint density at radius 2 is 1.90 bits per heavy atom. The first-order chi connectivity index (χ1) is 14.7. The van der Waals surface area contributed by atoms with Crippen molar-refractivity contribution >= 4 is 22.5 Å². The van der Waals surface area contributed by atoms with E-state index in [1.165, 1.54) is 6.33 Å². The van der Waals surface area contributed by atoms with E-state index in [9.17, 15) is 4.79 Å². The fourth-order valence-electron chi connectivity index (χ4n) is 3.85. The fraction of sp³-hybridized carbons (Fsp3) is 0.130. The van der Waals surface area contributed by atoms with Gasteiger partial charge in [0.1, 0.15) is 11.8 Å². The number of anilines is 1. The predicted molar refractivity (Wildman–Crippen MR) is 118 cm³/mol. The van der Waals surface area contributed by atoms with Gasteiger partial charge in [0.05, 0.1) is 11.9 Å². The zero-order valence-electron chi connectivity index (χ0n) is 16.5. The van der Waals surface area contributed by atoms with E-state index in [0.29, 0.717) is 29.9 Å². The van der Waals surface area contributed by atoms with Crippen LogP contribution in [0, 0.1) is 6.92 Å². The predicted octanol–water partition coefficient (Wildman–Crippen LogP) is 3.60. The van der Waals surface area contributed by atoms with Crippen LogP contribution in [0.5, 0.6) is 0 Å². The van der Waals surface area contributed by atoms with Crippen LogP contribution in [0.4, 0.5) is 5.82 Å². The Bertz CT molecular complexity index is 1400. The number of pyridine rings is 2. The molecule has 0 fully saturated rings. The van der Waals surface area contributed by atoms with Crippen LogP contribution >= 0.6 is 0 Å². The van der Waals surface area contributed by atoms with E-state index < -0.39 is 0 Å². The van der Waals surface area contributed by atoms with Gasteiger partial charge in [-0.2, -0.15) is 0 Å². The van der Waals surface area contributed by atoms with Crippen LogP contribution in [0.25, 0.3) is 27.8 Å². The number of hydrogen-bond acceptors (Lipinski definition) is 5. The van der Waals surface area contributed by atoms with Crippen LogP contribution in [0.15, 0.2) is 72.0 Å². The highest BCUT2D eigenvalue weighted by Crippen LogP contribution is 2.23. The van der Waals surface area contributed by atoms with Gasteiger partial charge in [-0.3, -0.25) is 9.20 Å². The number of hydrogen-bond donors (Lipinski definition) is 2. The van der Waals surface area contributed by atoms with E-state index >= 15 is 0 Å². The van der Waals surface area contributed by atoms with Gasteiger partial charge in [0, 0.05) is 17.8 Å². The maximum absolute atomic E-state index is 13.5. The van der Waals surface area contributed by atoms with Crippen molar-refractivity contribution in [1.29, 1.82) is 0 Å². The normalized spacial score (nSPS) is 11.2. The van der Waals surface area contributed by atoms with Gasteiger partial charge >= 0.3 is 0 Å². The van der Waals surface area contributed by atoms with Crippen molar-refractivity contribution in [2.24, 2.45) is 0 Å². The number of rotatable bonds is 5. The Morgan fingerprint density at radius 1 is 1.03 bits per heavy atom. The molecule has 148 valence electrons. The highest BCUT2D eigenvalue weighted by atomic mass is 16.1. The Balaban J connectivity index is 1.54.